The van der Waals surface area contributed by atoms with Gasteiger partial charge in [0, 0.05) is 38.8 Å². The third-order valence-corrected chi connectivity index (χ3v) is 3.55. The van der Waals surface area contributed by atoms with Crippen LogP contribution in [0, 0.1) is 10.1 Å². The maximum absolute atomic E-state index is 10.7. The van der Waals surface area contributed by atoms with Crippen molar-refractivity contribution in [1.29, 1.82) is 0 Å². The van der Waals surface area contributed by atoms with Crippen molar-refractivity contribution in [3.05, 3.63) is 33.3 Å². The van der Waals surface area contributed by atoms with Gasteiger partial charge in [-0.1, -0.05) is 11.6 Å². The van der Waals surface area contributed by atoms with Gasteiger partial charge in [-0.25, -0.2) is 0 Å². The second kappa shape index (κ2) is 7.56. The van der Waals surface area contributed by atoms with Crippen LogP contribution in [0.15, 0.2) is 18.2 Å². The van der Waals surface area contributed by atoms with Gasteiger partial charge in [-0.05, 0) is 6.07 Å². The van der Waals surface area contributed by atoms with Crippen LogP contribution in [0.2, 0.25) is 5.02 Å². The minimum Gasteiger partial charge on any atom is -0.489 e. The number of aliphatic hydroxyl groups is 1. The maximum atomic E-state index is 10.7. The summed E-state index contributed by atoms with van der Waals surface area (Å²) in [5.74, 6) is 0.213. The van der Waals surface area contributed by atoms with Crippen molar-refractivity contribution >= 4 is 17.3 Å². The van der Waals surface area contributed by atoms with E-state index in [0.717, 1.165) is 26.2 Å². The van der Waals surface area contributed by atoms with Crippen molar-refractivity contribution in [2.45, 2.75) is 6.10 Å². The van der Waals surface area contributed by atoms with Crippen LogP contribution in [0.4, 0.5) is 5.69 Å². The fourth-order valence-corrected chi connectivity index (χ4v) is 2.32. The largest absolute Gasteiger partial charge is 0.489 e. The Morgan fingerprint density at radius 1 is 1.48 bits per heavy atom. The standard InChI is InChI=1S/C13H18ClN3O4/c14-12-2-1-10(17(19)20)7-13(12)21-9-11(18)8-16-5-3-15-4-6-16/h1-2,7,11,15,18H,3-6,8-9H2. The van der Waals surface area contributed by atoms with Crippen molar-refractivity contribution in [3.8, 4) is 5.75 Å². The summed E-state index contributed by atoms with van der Waals surface area (Å²) in [6.45, 7) is 4.14. The Balaban J connectivity index is 1.86. The molecule has 1 aromatic carbocycles. The summed E-state index contributed by atoms with van der Waals surface area (Å²) in [5, 5.41) is 24.2. The summed E-state index contributed by atoms with van der Waals surface area (Å²) in [4.78, 5) is 12.3. The number of ether oxygens (including phenoxy) is 1. The van der Waals surface area contributed by atoms with Crippen molar-refractivity contribution in [2.75, 3.05) is 39.3 Å². The number of hydrogen-bond acceptors (Lipinski definition) is 6. The van der Waals surface area contributed by atoms with E-state index in [4.69, 9.17) is 16.3 Å². The topological polar surface area (TPSA) is 87.9 Å². The van der Waals surface area contributed by atoms with E-state index in [1.54, 1.807) is 0 Å². The van der Waals surface area contributed by atoms with Crippen LogP contribution in [-0.2, 0) is 0 Å². The Morgan fingerprint density at radius 3 is 2.86 bits per heavy atom. The van der Waals surface area contributed by atoms with E-state index in [2.05, 4.69) is 10.2 Å². The lowest BCUT2D eigenvalue weighted by Gasteiger charge is -2.29. The van der Waals surface area contributed by atoms with E-state index in [-0.39, 0.29) is 23.1 Å². The molecule has 0 radical (unpaired) electrons. The number of nitro benzene ring substituents is 1. The van der Waals surface area contributed by atoms with Gasteiger partial charge in [-0.2, -0.15) is 0 Å². The van der Waals surface area contributed by atoms with Crippen LogP contribution in [0.25, 0.3) is 0 Å². The third-order valence-electron chi connectivity index (χ3n) is 3.24. The molecule has 1 saturated heterocycles. The summed E-state index contributed by atoms with van der Waals surface area (Å²) in [6.07, 6.45) is -0.668. The quantitative estimate of drug-likeness (QED) is 0.599. The number of nitro groups is 1. The summed E-state index contributed by atoms with van der Waals surface area (Å²) in [7, 11) is 0. The van der Waals surface area contributed by atoms with Gasteiger partial charge < -0.3 is 15.2 Å². The number of piperazine rings is 1. The first-order valence-electron chi connectivity index (χ1n) is 6.74. The van der Waals surface area contributed by atoms with Crippen LogP contribution in [0.1, 0.15) is 0 Å². The molecular weight excluding hydrogens is 298 g/mol. The zero-order valence-corrected chi connectivity index (χ0v) is 12.3. The van der Waals surface area contributed by atoms with Crippen LogP contribution in [0.5, 0.6) is 5.75 Å². The second-order valence-electron chi connectivity index (χ2n) is 4.89. The number of β-amino-alcohol motifs (C(OH)–C–C–N with tert-alkyl or cyclic N) is 1. The van der Waals surface area contributed by atoms with Crippen LogP contribution in [-0.4, -0.2) is 60.4 Å². The Bertz CT molecular complexity index is 494. The van der Waals surface area contributed by atoms with Gasteiger partial charge in [0.05, 0.1) is 16.0 Å². The number of non-ortho nitro benzene ring substituents is 1. The van der Waals surface area contributed by atoms with E-state index in [9.17, 15) is 15.2 Å². The monoisotopic (exact) mass is 315 g/mol. The van der Waals surface area contributed by atoms with E-state index in [1.807, 2.05) is 0 Å². The van der Waals surface area contributed by atoms with Crippen LogP contribution < -0.4 is 10.1 Å². The summed E-state index contributed by atoms with van der Waals surface area (Å²) in [6, 6.07) is 3.99. The van der Waals surface area contributed by atoms with Crippen LogP contribution in [0.3, 0.4) is 0 Å². The number of aliphatic hydroxyl groups excluding tert-OH is 1. The molecule has 116 valence electrons. The molecule has 7 nitrogen and oxygen atoms in total. The van der Waals surface area contributed by atoms with E-state index < -0.39 is 11.0 Å². The predicted molar refractivity (Wildman–Crippen MR) is 78.9 cm³/mol. The molecule has 0 amide bonds. The lowest BCUT2D eigenvalue weighted by atomic mass is 10.3. The van der Waals surface area contributed by atoms with Crippen molar-refractivity contribution in [2.24, 2.45) is 0 Å². The summed E-state index contributed by atoms with van der Waals surface area (Å²) >= 11 is 5.93. The second-order valence-corrected chi connectivity index (χ2v) is 5.29. The van der Waals surface area contributed by atoms with E-state index in [0.29, 0.717) is 6.54 Å². The molecule has 0 saturated carbocycles. The molecule has 1 heterocycles. The first-order valence-corrected chi connectivity index (χ1v) is 7.12. The fraction of sp³-hybridized carbons (Fsp3) is 0.538. The number of halogens is 1. The molecule has 1 fully saturated rings. The minimum atomic E-state index is -0.668. The lowest BCUT2D eigenvalue weighted by Crippen LogP contribution is -2.47. The number of hydrogen-bond donors (Lipinski definition) is 2. The molecule has 0 bridgehead atoms. The average Bonchev–Trinajstić information content (AvgIpc) is 2.47. The number of nitrogens with zero attached hydrogens (tertiary/aromatic N) is 2. The van der Waals surface area contributed by atoms with Crippen molar-refractivity contribution < 1.29 is 14.8 Å². The lowest BCUT2D eigenvalue weighted by molar-refractivity contribution is -0.384. The highest BCUT2D eigenvalue weighted by molar-refractivity contribution is 6.32. The third kappa shape index (κ3) is 4.82. The molecule has 2 N–H and O–H groups in total. The highest BCUT2D eigenvalue weighted by Crippen LogP contribution is 2.28. The smallest absolute Gasteiger partial charge is 0.273 e. The fourth-order valence-electron chi connectivity index (χ4n) is 2.15. The van der Waals surface area contributed by atoms with Crippen molar-refractivity contribution in [3.63, 3.8) is 0 Å². The zero-order chi connectivity index (χ0) is 15.2. The molecule has 0 aromatic heterocycles. The Kier molecular flexibility index (Phi) is 5.75. The van der Waals surface area contributed by atoms with E-state index >= 15 is 0 Å². The molecular formula is C13H18ClN3O4. The number of benzene rings is 1. The summed E-state index contributed by atoms with van der Waals surface area (Å²) in [5.41, 5.74) is -0.0917. The van der Waals surface area contributed by atoms with Gasteiger partial charge in [0.15, 0.2) is 0 Å². The SMILES string of the molecule is O=[N+]([O-])c1ccc(Cl)c(OCC(O)CN2CCNCC2)c1. The first-order chi connectivity index (χ1) is 10.1. The molecule has 21 heavy (non-hydrogen) atoms. The molecule has 0 aliphatic carbocycles. The highest BCUT2D eigenvalue weighted by atomic mass is 35.5. The van der Waals surface area contributed by atoms with Gasteiger partial charge in [0.1, 0.15) is 18.5 Å². The number of nitrogens with one attached hydrogen (secondary N) is 1. The zero-order valence-electron chi connectivity index (χ0n) is 11.5. The molecule has 2 rings (SSSR count). The highest BCUT2D eigenvalue weighted by Gasteiger charge is 2.16. The molecule has 8 heteroatoms. The first kappa shape index (κ1) is 16.0. The van der Waals surface area contributed by atoms with Crippen molar-refractivity contribution in [1.82, 2.24) is 10.2 Å². The maximum Gasteiger partial charge on any atom is 0.273 e. The average molecular weight is 316 g/mol. The van der Waals surface area contributed by atoms with Crippen LogP contribution >= 0.6 is 11.6 Å². The van der Waals surface area contributed by atoms with Gasteiger partial charge in [-0.15, -0.1) is 0 Å². The molecule has 1 aliphatic rings. The number of rotatable bonds is 6. The predicted octanol–water partition coefficient (Wildman–Crippen LogP) is 0.893. The van der Waals surface area contributed by atoms with Gasteiger partial charge in [0.25, 0.3) is 5.69 Å². The molecule has 0 spiro atoms. The normalized spacial score (nSPS) is 17.4. The van der Waals surface area contributed by atoms with Gasteiger partial charge >= 0.3 is 0 Å². The van der Waals surface area contributed by atoms with Gasteiger partial charge in [0.2, 0.25) is 0 Å². The molecule has 1 atom stereocenters. The summed E-state index contributed by atoms with van der Waals surface area (Å²) < 4.78 is 5.40. The molecule has 1 aromatic rings. The van der Waals surface area contributed by atoms with Gasteiger partial charge in [-0.3, -0.25) is 15.0 Å². The minimum absolute atomic E-state index is 0.0464. The van der Waals surface area contributed by atoms with E-state index in [1.165, 1.54) is 18.2 Å². The Morgan fingerprint density at radius 2 is 2.19 bits per heavy atom. The Hall–Kier alpha value is -1.41. The molecule has 1 unspecified atom stereocenters. The Labute approximate surface area is 127 Å². The molecule has 1 aliphatic heterocycles.